The molecule has 0 amide bonds. The van der Waals surface area contributed by atoms with Crippen LogP contribution in [0.1, 0.15) is 59.8 Å². The molecule has 0 heterocycles. The fraction of sp³-hybridized carbons (Fsp3) is 0.923. The summed E-state index contributed by atoms with van der Waals surface area (Å²) in [5, 5.41) is 0. The minimum absolute atomic E-state index is 0.363. The predicted octanol–water partition coefficient (Wildman–Crippen LogP) is 3.82. The minimum atomic E-state index is 0.363. The molecule has 1 rings (SSSR count). The zero-order valence-corrected chi connectivity index (χ0v) is 10.1. The summed E-state index contributed by atoms with van der Waals surface area (Å²) >= 11 is 0. The SMILES string of the molecule is CC(=O)C1CCCC(C(C)(C)C)CC1. The van der Waals surface area contributed by atoms with Gasteiger partial charge in [0.1, 0.15) is 5.78 Å². The molecule has 1 fully saturated rings. The van der Waals surface area contributed by atoms with E-state index < -0.39 is 0 Å². The summed E-state index contributed by atoms with van der Waals surface area (Å²) in [5.41, 5.74) is 0.422. The first-order chi connectivity index (χ1) is 6.41. The van der Waals surface area contributed by atoms with Crippen LogP contribution in [0.5, 0.6) is 0 Å². The van der Waals surface area contributed by atoms with Crippen molar-refractivity contribution in [3.8, 4) is 0 Å². The molecule has 0 bridgehead atoms. The predicted molar refractivity (Wildman–Crippen MR) is 60.2 cm³/mol. The maximum absolute atomic E-state index is 11.3. The van der Waals surface area contributed by atoms with Crippen LogP contribution in [0.2, 0.25) is 0 Å². The third-order valence-electron chi connectivity index (χ3n) is 3.77. The summed E-state index contributed by atoms with van der Waals surface area (Å²) in [6.45, 7) is 8.73. The third-order valence-corrected chi connectivity index (χ3v) is 3.77. The van der Waals surface area contributed by atoms with Crippen molar-refractivity contribution in [3.05, 3.63) is 0 Å². The smallest absolute Gasteiger partial charge is 0.132 e. The molecule has 1 aliphatic rings. The first kappa shape index (κ1) is 11.7. The summed E-state index contributed by atoms with van der Waals surface area (Å²) in [4.78, 5) is 11.3. The van der Waals surface area contributed by atoms with Gasteiger partial charge in [-0.1, -0.05) is 27.2 Å². The van der Waals surface area contributed by atoms with Crippen LogP contribution in [0.15, 0.2) is 0 Å². The molecule has 0 aromatic heterocycles. The van der Waals surface area contributed by atoms with Crippen LogP contribution >= 0.6 is 0 Å². The van der Waals surface area contributed by atoms with Gasteiger partial charge in [-0.25, -0.2) is 0 Å². The van der Waals surface area contributed by atoms with E-state index >= 15 is 0 Å². The molecule has 2 atom stereocenters. The van der Waals surface area contributed by atoms with Crippen molar-refractivity contribution >= 4 is 5.78 Å². The fourth-order valence-electron chi connectivity index (χ4n) is 2.57. The number of carbonyl (C=O) groups excluding carboxylic acids is 1. The second-order valence-electron chi connectivity index (χ2n) is 5.88. The summed E-state index contributed by atoms with van der Waals surface area (Å²) in [5.74, 6) is 1.58. The molecule has 0 radical (unpaired) electrons. The van der Waals surface area contributed by atoms with Crippen LogP contribution in [0.4, 0.5) is 0 Å². The van der Waals surface area contributed by atoms with E-state index in [1.807, 2.05) is 0 Å². The molecule has 0 N–H and O–H groups in total. The van der Waals surface area contributed by atoms with Crippen LogP contribution in [0, 0.1) is 17.3 Å². The second kappa shape index (κ2) is 4.46. The molecule has 82 valence electrons. The maximum atomic E-state index is 11.3. The standard InChI is InChI=1S/C13H24O/c1-10(14)11-6-5-7-12(9-8-11)13(2,3)4/h11-12H,5-9H2,1-4H3. The van der Waals surface area contributed by atoms with Crippen molar-refractivity contribution in [2.75, 3.05) is 0 Å². The second-order valence-corrected chi connectivity index (χ2v) is 5.88. The first-order valence-corrected chi connectivity index (χ1v) is 5.91. The highest BCUT2D eigenvalue weighted by Crippen LogP contribution is 2.38. The molecule has 0 spiro atoms. The Bertz CT molecular complexity index is 200. The Morgan fingerprint density at radius 3 is 2.21 bits per heavy atom. The van der Waals surface area contributed by atoms with Crippen LogP contribution in [0.3, 0.4) is 0 Å². The van der Waals surface area contributed by atoms with Gasteiger partial charge in [0.05, 0.1) is 0 Å². The summed E-state index contributed by atoms with van der Waals surface area (Å²) in [6.07, 6.45) is 6.05. The van der Waals surface area contributed by atoms with Gasteiger partial charge in [0.25, 0.3) is 0 Å². The minimum Gasteiger partial charge on any atom is -0.300 e. The molecule has 1 nitrogen and oxygen atoms in total. The van der Waals surface area contributed by atoms with Crippen molar-refractivity contribution < 1.29 is 4.79 Å². The van der Waals surface area contributed by atoms with Gasteiger partial charge in [-0.3, -0.25) is 4.79 Å². The van der Waals surface area contributed by atoms with Crippen molar-refractivity contribution in [2.24, 2.45) is 17.3 Å². The van der Waals surface area contributed by atoms with E-state index in [1.54, 1.807) is 6.92 Å². The van der Waals surface area contributed by atoms with Gasteiger partial charge < -0.3 is 0 Å². The average molecular weight is 196 g/mol. The van der Waals surface area contributed by atoms with Crippen LogP contribution in [0.25, 0.3) is 0 Å². The van der Waals surface area contributed by atoms with Crippen LogP contribution < -0.4 is 0 Å². The van der Waals surface area contributed by atoms with Gasteiger partial charge in [0, 0.05) is 5.92 Å². The first-order valence-electron chi connectivity index (χ1n) is 5.91. The quantitative estimate of drug-likeness (QED) is 0.583. The molecule has 0 saturated heterocycles. The maximum Gasteiger partial charge on any atom is 0.132 e. The highest BCUT2D eigenvalue weighted by atomic mass is 16.1. The van der Waals surface area contributed by atoms with Crippen molar-refractivity contribution in [1.29, 1.82) is 0 Å². The molecule has 0 aromatic carbocycles. The number of hydrogen-bond acceptors (Lipinski definition) is 1. The topological polar surface area (TPSA) is 17.1 Å². The highest BCUT2D eigenvalue weighted by Gasteiger charge is 2.28. The lowest BCUT2D eigenvalue weighted by Gasteiger charge is -2.29. The lowest BCUT2D eigenvalue weighted by atomic mass is 9.76. The largest absolute Gasteiger partial charge is 0.300 e. The molecule has 14 heavy (non-hydrogen) atoms. The molecule has 1 heteroatoms. The van der Waals surface area contributed by atoms with E-state index in [9.17, 15) is 4.79 Å². The zero-order valence-electron chi connectivity index (χ0n) is 10.1. The van der Waals surface area contributed by atoms with Gasteiger partial charge in [-0.05, 0) is 43.9 Å². The number of ketones is 1. The lowest BCUT2D eigenvalue weighted by Crippen LogP contribution is -2.20. The monoisotopic (exact) mass is 196 g/mol. The van der Waals surface area contributed by atoms with E-state index in [2.05, 4.69) is 20.8 Å². The summed E-state index contributed by atoms with van der Waals surface area (Å²) in [6, 6.07) is 0. The van der Waals surface area contributed by atoms with E-state index in [-0.39, 0.29) is 0 Å². The van der Waals surface area contributed by atoms with E-state index in [0.717, 1.165) is 18.8 Å². The zero-order chi connectivity index (χ0) is 10.8. The Morgan fingerprint density at radius 1 is 1.07 bits per heavy atom. The number of carbonyl (C=O) groups is 1. The Kier molecular flexibility index (Phi) is 3.74. The van der Waals surface area contributed by atoms with Crippen LogP contribution in [-0.4, -0.2) is 5.78 Å². The van der Waals surface area contributed by atoms with Gasteiger partial charge in [0.15, 0.2) is 0 Å². The van der Waals surface area contributed by atoms with E-state index in [1.165, 1.54) is 19.3 Å². The van der Waals surface area contributed by atoms with E-state index in [4.69, 9.17) is 0 Å². The third kappa shape index (κ3) is 3.11. The molecular weight excluding hydrogens is 172 g/mol. The number of hydrogen-bond donors (Lipinski definition) is 0. The fourth-order valence-corrected chi connectivity index (χ4v) is 2.57. The molecular formula is C13H24O. The molecule has 0 aliphatic heterocycles. The van der Waals surface area contributed by atoms with Gasteiger partial charge in [0.2, 0.25) is 0 Å². The van der Waals surface area contributed by atoms with Crippen molar-refractivity contribution in [1.82, 2.24) is 0 Å². The molecule has 0 aromatic rings. The summed E-state index contributed by atoms with van der Waals surface area (Å²) in [7, 11) is 0. The Balaban J connectivity index is 2.53. The van der Waals surface area contributed by atoms with Gasteiger partial charge >= 0.3 is 0 Å². The normalized spacial score (nSPS) is 29.7. The highest BCUT2D eigenvalue weighted by molar-refractivity contribution is 5.78. The van der Waals surface area contributed by atoms with Crippen molar-refractivity contribution in [2.45, 2.75) is 59.8 Å². The Hall–Kier alpha value is -0.330. The van der Waals surface area contributed by atoms with Crippen molar-refractivity contribution in [3.63, 3.8) is 0 Å². The van der Waals surface area contributed by atoms with Crippen LogP contribution in [-0.2, 0) is 4.79 Å². The Labute approximate surface area is 88.3 Å². The molecule has 1 aliphatic carbocycles. The number of rotatable bonds is 1. The summed E-state index contributed by atoms with van der Waals surface area (Å²) < 4.78 is 0. The van der Waals surface area contributed by atoms with Gasteiger partial charge in [-0.2, -0.15) is 0 Å². The average Bonchev–Trinajstić information content (AvgIpc) is 2.26. The lowest BCUT2D eigenvalue weighted by molar-refractivity contribution is -0.121. The Morgan fingerprint density at radius 2 is 1.71 bits per heavy atom. The number of Topliss-reactive ketones (excluding diaryl/α,β-unsaturated/α-hetero) is 1. The van der Waals surface area contributed by atoms with Gasteiger partial charge in [-0.15, -0.1) is 0 Å². The molecule has 1 saturated carbocycles. The molecule has 2 unspecified atom stereocenters. The van der Waals surface area contributed by atoms with E-state index in [0.29, 0.717) is 17.1 Å².